The van der Waals surface area contributed by atoms with E-state index in [4.69, 9.17) is 14.2 Å². The molecule has 0 aromatic heterocycles. The van der Waals surface area contributed by atoms with E-state index < -0.39 is 5.97 Å². The Labute approximate surface area is 221 Å². The minimum atomic E-state index is -0.541. The van der Waals surface area contributed by atoms with Crippen LogP contribution in [0.4, 0.5) is 4.79 Å². The summed E-state index contributed by atoms with van der Waals surface area (Å²) in [6.45, 7) is 2.36. The molecule has 1 aliphatic heterocycles. The number of imide groups is 1. The molecule has 0 spiro atoms. The molecule has 184 valence electrons. The van der Waals surface area contributed by atoms with E-state index >= 15 is 0 Å². The Morgan fingerprint density at radius 3 is 2.39 bits per heavy atom. The van der Waals surface area contributed by atoms with Gasteiger partial charge >= 0.3 is 5.97 Å². The van der Waals surface area contributed by atoms with Crippen LogP contribution in [0.5, 0.6) is 17.2 Å². The second-order valence-corrected chi connectivity index (χ2v) is 9.56. The summed E-state index contributed by atoms with van der Waals surface area (Å²) in [4.78, 5) is 39.5. The fourth-order valence-electron chi connectivity index (χ4n) is 3.41. The minimum Gasteiger partial charge on any atom is -0.497 e. The van der Waals surface area contributed by atoms with Crippen molar-refractivity contribution in [3.05, 3.63) is 92.8 Å². The molecule has 0 radical (unpaired) electrons. The molecule has 0 atom stereocenters. The van der Waals surface area contributed by atoms with Gasteiger partial charge in [-0.2, -0.15) is 0 Å². The maximum Gasteiger partial charge on any atom is 0.343 e. The fourth-order valence-corrected chi connectivity index (χ4v) is 4.52. The molecule has 3 aromatic rings. The van der Waals surface area contributed by atoms with E-state index in [1.54, 1.807) is 55.7 Å². The molecule has 0 unspecified atom stereocenters. The van der Waals surface area contributed by atoms with Gasteiger partial charge in [0.1, 0.15) is 5.75 Å². The lowest BCUT2D eigenvalue weighted by atomic mass is 10.1. The molecule has 4 rings (SSSR count). The Hall–Kier alpha value is -3.56. The second kappa shape index (κ2) is 11.5. The number of nitrogens with zero attached hydrogens (tertiary/aromatic N) is 1. The van der Waals surface area contributed by atoms with Gasteiger partial charge in [0.15, 0.2) is 11.5 Å². The third-order valence-electron chi connectivity index (χ3n) is 5.22. The lowest BCUT2D eigenvalue weighted by Gasteiger charge is -2.13. The normalized spacial score (nSPS) is 14.3. The Morgan fingerprint density at radius 2 is 1.72 bits per heavy atom. The summed E-state index contributed by atoms with van der Waals surface area (Å²) in [6.07, 6.45) is 1.63. The van der Waals surface area contributed by atoms with Crippen molar-refractivity contribution in [1.29, 1.82) is 0 Å². The summed E-state index contributed by atoms with van der Waals surface area (Å²) in [6, 6.07) is 19.0. The van der Waals surface area contributed by atoms with Crippen molar-refractivity contribution >= 4 is 50.9 Å². The molecule has 2 amide bonds. The summed E-state index contributed by atoms with van der Waals surface area (Å²) in [7, 11) is 1.55. The molecule has 1 fully saturated rings. The van der Waals surface area contributed by atoms with Crippen molar-refractivity contribution in [2.24, 2.45) is 0 Å². The van der Waals surface area contributed by atoms with E-state index in [1.165, 1.54) is 4.90 Å². The van der Waals surface area contributed by atoms with E-state index in [1.807, 2.05) is 31.2 Å². The molecule has 1 aliphatic rings. The Kier molecular flexibility index (Phi) is 8.12. The first-order valence-corrected chi connectivity index (χ1v) is 12.6. The SMILES string of the molecule is CCOc1cc(/C=C2\SC(=O)N(Cc3ccc(Br)cc3)C2=O)ccc1OC(=O)c1ccc(OC)cc1. The van der Waals surface area contributed by atoms with Crippen LogP contribution in [0.1, 0.15) is 28.4 Å². The molecular weight excluding hydrogens is 546 g/mol. The van der Waals surface area contributed by atoms with E-state index in [9.17, 15) is 14.4 Å². The number of methoxy groups -OCH3 is 1. The summed E-state index contributed by atoms with van der Waals surface area (Å²) >= 11 is 4.26. The van der Waals surface area contributed by atoms with Crippen LogP contribution in [0.15, 0.2) is 76.1 Å². The summed E-state index contributed by atoms with van der Waals surface area (Å²) < 4.78 is 17.3. The molecule has 36 heavy (non-hydrogen) atoms. The van der Waals surface area contributed by atoms with E-state index in [0.29, 0.717) is 34.1 Å². The standard InChI is InChI=1S/C27H22BrNO6S/c1-3-34-23-14-18(6-13-22(23)35-26(31)19-7-11-21(33-2)12-8-19)15-24-25(30)29(27(32)36-24)16-17-4-9-20(28)10-5-17/h4-15H,3,16H2,1-2H3/b24-15-. The van der Waals surface area contributed by atoms with Crippen molar-refractivity contribution < 1.29 is 28.6 Å². The number of esters is 1. The smallest absolute Gasteiger partial charge is 0.343 e. The largest absolute Gasteiger partial charge is 0.497 e. The first-order valence-electron chi connectivity index (χ1n) is 11.0. The van der Waals surface area contributed by atoms with Crippen molar-refractivity contribution in [3.8, 4) is 17.2 Å². The van der Waals surface area contributed by atoms with Gasteiger partial charge in [-0.25, -0.2) is 4.79 Å². The lowest BCUT2D eigenvalue weighted by molar-refractivity contribution is -0.123. The van der Waals surface area contributed by atoms with Gasteiger partial charge in [-0.05, 0) is 84.4 Å². The molecule has 0 bridgehead atoms. The molecule has 3 aromatic carbocycles. The Morgan fingerprint density at radius 1 is 1.00 bits per heavy atom. The zero-order valence-corrected chi connectivity index (χ0v) is 21.9. The Balaban J connectivity index is 1.51. The van der Waals surface area contributed by atoms with Crippen LogP contribution in [0.3, 0.4) is 0 Å². The van der Waals surface area contributed by atoms with Crippen LogP contribution in [0, 0.1) is 0 Å². The minimum absolute atomic E-state index is 0.194. The molecule has 0 aliphatic carbocycles. The van der Waals surface area contributed by atoms with Gasteiger partial charge in [-0.3, -0.25) is 14.5 Å². The summed E-state index contributed by atoms with van der Waals surface area (Å²) in [5, 5.41) is -0.329. The number of ether oxygens (including phenoxy) is 3. The first-order chi connectivity index (χ1) is 17.4. The maximum absolute atomic E-state index is 12.9. The van der Waals surface area contributed by atoms with E-state index in [0.717, 1.165) is 21.8 Å². The summed E-state index contributed by atoms with van der Waals surface area (Å²) in [5.74, 6) is 0.328. The predicted octanol–water partition coefficient (Wildman–Crippen LogP) is 6.31. The zero-order chi connectivity index (χ0) is 25.7. The van der Waals surface area contributed by atoms with Gasteiger partial charge in [0.2, 0.25) is 0 Å². The average Bonchev–Trinajstić information content (AvgIpc) is 3.14. The van der Waals surface area contributed by atoms with Crippen molar-refractivity contribution in [3.63, 3.8) is 0 Å². The number of thioether (sulfide) groups is 1. The van der Waals surface area contributed by atoms with Crippen molar-refractivity contribution in [1.82, 2.24) is 4.90 Å². The monoisotopic (exact) mass is 567 g/mol. The van der Waals surface area contributed by atoms with Crippen molar-refractivity contribution in [2.75, 3.05) is 13.7 Å². The number of hydrogen-bond acceptors (Lipinski definition) is 7. The molecule has 1 heterocycles. The highest BCUT2D eigenvalue weighted by molar-refractivity contribution is 9.10. The van der Waals surface area contributed by atoms with E-state index in [2.05, 4.69) is 15.9 Å². The highest BCUT2D eigenvalue weighted by Gasteiger charge is 2.35. The maximum atomic E-state index is 12.9. The average molecular weight is 568 g/mol. The molecule has 0 saturated carbocycles. The van der Waals surface area contributed by atoms with Crippen molar-refractivity contribution in [2.45, 2.75) is 13.5 Å². The molecule has 0 N–H and O–H groups in total. The lowest BCUT2D eigenvalue weighted by Crippen LogP contribution is -2.27. The molecule has 1 saturated heterocycles. The van der Waals surface area contributed by atoms with Crippen LogP contribution in [-0.4, -0.2) is 35.7 Å². The topological polar surface area (TPSA) is 82.1 Å². The number of benzene rings is 3. The fraction of sp³-hybridized carbons (Fsp3) is 0.148. The van der Waals surface area contributed by atoms with E-state index in [-0.39, 0.29) is 23.4 Å². The highest BCUT2D eigenvalue weighted by atomic mass is 79.9. The summed E-state index contributed by atoms with van der Waals surface area (Å²) in [5.41, 5.74) is 1.85. The highest BCUT2D eigenvalue weighted by Crippen LogP contribution is 2.35. The third kappa shape index (κ3) is 5.98. The van der Waals surface area contributed by atoms with Crippen LogP contribution in [-0.2, 0) is 11.3 Å². The van der Waals surface area contributed by atoms with Gasteiger partial charge in [0.25, 0.3) is 11.1 Å². The van der Waals surface area contributed by atoms with Gasteiger partial charge in [-0.1, -0.05) is 34.1 Å². The van der Waals surface area contributed by atoms with Crippen LogP contribution < -0.4 is 14.2 Å². The van der Waals surface area contributed by atoms with Gasteiger partial charge in [-0.15, -0.1) is 0 Å². The number of rotatable bonds is 8. The second-order valence-electron chi connectivity index (χ2n) is 7.65. The van der Waals surface area contributed by atoms with Gasteiger partial charge < -0.3 is 14.2 Å². The number of carbonyl (C=O) groups is 3. The Bertz CT molecular complexity index is 1320. The number of carbonyl (C=O) groups excluding carboxylic acids is 3. The molecular formula is C27H22BrNO6S. The van der Waals surface area contributed by atoms with Gasteiger partial charge in [0.05, 0.1) is 30.7 Å². The predicted molar refractivity (Wildman–Crippen MR) is 141 cm³/mol. The number of hydrogen-bond donors (Lipinski definition) is 0. The van der Waals surface area contributed by atoms with Crippen LogP contribution >= 0.6 is 27.7 Å². The van der Waals surface area contributed by atoms with Crippen LogP contribution in [0.25, 0.3) is 6.08 Å². The quantitative estimate of drug-likeness (QED) is 0.179. The van der Waals surface area contributed by atoms with Gasteiger partial charge in [0, 0.05) is 4.47 Å². The van der Waals surface area contributed by atoms with Crippen LogP contribution in [0.2, 0.25) is 0 Å². The molecule has 7 nitrogen and oxygen atoms in total. The molecule has 9 heteroatoms. The zero-order valence-electron chi connectivity index (χ0n) is 19.5. The first kappa shape index (κ1) is 25.5. The number of halogens is 1. The third-order valence-corrected chi connectivity index (χ3v) is 6.66. The number of amides is 2.